The van der Waals surface area contributed by atoms with E-state index in [0.717, 1.165) is 30.4 Å². The first-order valence-electron chi connectivity index (χ1n) is 9.56. The van der Waals surface area contributed by atoms with Crippen LogP contribution in [-0.2, 0) is 0 Å². The van der Waals surface area contributed by atoms with Gasteiger partial charge >= 0.3 is 5.97 Å². The Balaban J connectivity index is 1.76. The molecule has 0 spiro atoms. The lowest BCUT2D eigenvalue weighted by Gasteiger charge is -2.23. The summed E-state index contributed by atoms with van der Waals surface area (Å²) in [5.41, 5.74) is 0.619. The molecule has 1 saturated carbocycles. The first-order valence-corrected chi connectivity index (χ1v) is 9.56. The normalized spacial score (nSPS) is 14.8. The van der Waals surface area contributed by atoms with Gasteiger partial charge < -0.3 is 9.57 Å². The van der Waals surface area contributed by atoms with Gasteiger partial charge in [-0.05, 0) is 49.2 Å². The molecular formula is C22H22N2O4. The van der Waals surface area contributed by atoms with Gasteiger partial charge in [-0.3, -0.25) is 4.79 Å². The topological polar surface area (TPSA) is 70.4 Å². The molecule has 0 saturated heterocycles. The molecule has 28 heavy (non-hydrogen) atoms. The van der Waals surface area contributed by atoms with Crippen molar-refractivity contribution in [3.8, 4) is 5.75 Å². The summed E-state index contributed by atoms with van der Waals surface area (Å²) in [5.74, 6) is 0.683. The van der Waals surface area contributed by atoms with Crippen molar-refractivity contribution in [2.75, 3.05) is 7.11 Å². The molecule has 1 aliphatic carbocycles. The fraction of sp³-hybridized carbons (Fsp3) is 0.318. The van der Waals surface area contributed by atoms with E-state index in [0.29, 0.717) is 28.0 Å². The maximum absolute atomic E-state index is 13.1. The minimum atomic E-state index is -0.598. The average Bonchev–Trinajstić information content (AvgIpc) is 2.76. The average molecular weight is 378 g/mol. The Morgan fingerprint density at radius 2 is 1.75 bits per heavy atom. The summed E-state index contributed by atoms with van der Waals surface area (Å²) in [6.07, 6.45) is 5.22. The second kappa shape index (κ2) is 7.84. The summed E-state index contributed by atoms with van der Waals surface area (Å²) in [6, 6.07) is 13.7. The molecule has 0 unspecified atom stereocenters. The molecule has 3 aromatic rings. The number of para-hydroxylation sites is 1. The molecule has 1 fully saturated rings. The summed E-state index contributed by atoms with van der Waals surface area (Å²) >= 11 is 0. The summed E-state index contributed by atoms with van der Waals surface area (Å²) in [6.45, 7) is 0. The highest BCUT2D eigenvalue weighted by atomic mass is 16.7. The van der Waals surface area contributed by atoms with Crippen LogP contribution in [0.2, 0.25) is 0 Å². The molecular weight excluding hydrogens is 356 g/mol. The van der Waals surface area contributed by atoms with E-state index in [1.165, 1.54) is 6.42 Å². The highest BCUT2D eigenvalue weighted by Crippen LogP contribution is 2.31. The number of aromatic nitrogens is 2. The van der Waals surface area contributed by atoms with E-state index >= 15 is 0 Å². The van der Waals surface area contributed by atoms with Crippen LogP contribution >= 0.6 is 0 Å². The minimum Gasteiger partial charge on any atom is -0.497 e. The Labute approximate surface area is 162 Å². The van der Waals surface area contributed by atoms with Crippen molar-refractivity contribution >= 4 is 16.9 Å². The first-order chi connectivity index (χ1) is 13.7. The summed E-state index contributed by atoms with van der Waals surface area (Å²) in [4.78, 5) is 36.0. The van der Waals surface area contributed by atoms with Gasteiger partial charge in [0.1, 0.15) is 5.75 Å². The van der Waals surface area contributed by atoms with Gasteiger partial charge in [-0.25, -0.2) is 9.78 Å². The highest BCUT2D eigenvalue weighted by molar-refractivity contribution is 5.90. The van der Waals surface area contributed by atoms with Crippen molar-refractivity contribution in [3.63, 3.8) is 0 Å². The van der Waals surface area contributed by atoms with E-state index in [9.17, 15) is 9.59 Å². The van der Waals surface area contributed by atoms with Crippen LogP contribution in [0.4, 0.5) is 0 Å². The fourth-order valence-electron chi connectivity index (χ4n) is 3.70. The third kappa shape index (κ3) is 3.50. The van der Waals surface area contributed by atoms with Crippen molar-refractivity contribution in [2.24, 2.45) is 0 Å². The van der Waals surface area contributed by atoms with E-state index in [1.807, 2.05) is 12.1 Å². The van der Waals surface area contributed by atoms with Crippen LogP contribution in [0.15, 0.2) is 53.3 Å². The van der Waals surface area contributed by atoms with Crippen molar-refractivity contribution in [2.45, 2.75) is 38.0 Å². The van der Waals surface area contributed by atoms with Crippen LogP contribution in [-0.4, -0.2) is 22.8 Å². The van der Waals surface area contributed by atoms with Gasteiger partial charge in [0.25, 0.3) is 5.56 Å². The maximum Gasteiger partial charge on any atom is 0.363 e. The standard InChI is InChI=1S/C22H22N2O4/c1-27-17-13-11-16(12-14-17)22(26)28-24-20(15-7-3-2-4-8-15)23-19-10-6-5-9-18(19)21(24)25/h5-6,9-15H,2-4,7-8H2,1H3. The molecule has 0 bridgehead atoms. The van der Waals surface area contributed by atoms with Crippen LogP contribution in [0, 0.1) is 0 Å². The van der Waals surface area contributed by atoms with Crippen LogP contribution in [0.5, 0.6) is 5.75 Å². The number of ether oxygens (including phenoxy) is 1. The van der Waals surface area contributed by atoms with Crippen LogP contribution < -0.4 is 15.1 Å². The van der Waals surface area contributed by atoms with Crippen molar-refractivity contribution in [1.29, 1.82) is 0 Å². The number of hydrogen-bond acceptors (Lipinski definition) is 5. The van der Waals surface area contributed by atoms with Crippen molar-refractivity contribution in [3.05, 3.63) is 70.3 Å². The van der Waals surface area contributed by atoms with Gasteiger partial charge in [0.05, 0.1) is 23.6 Å². The number of fused-ring (bicyclic) bond motifs is 1. The summed E-state index contributed by atoms with van der Waals surface area (Å²) in [5, 5.41) is 0.435. The largest absolute Gasteiger partial charge is 0.497 e. The van der Waals surface area contributed by atoms with Gasteiger partial charge in [0.2, 0.25) is 0 Å². The molecule has 2 aromatic carbocycles. The Hall–Kier alpha value is -3.15. The molecule has 1 aliphatic rings. The molecule has 0 amide bonds. The molecule has 0 N–H and O–H groups in total. The predicted octanol–water partition coefficient (Wildman–Crippen LogP) is 3.72. The number of carbonyl (C=O) groups excluding carboxylic acids is 1. The van der Waals surface area contributed by atoms with Crippen LogP contribution in [0.1, 0.15) is 54.2 Å². The summed E-state index contributed by atoms with van der Waals surface area (Å²) in [7, 11) is 1.56. The minimum absolute atomic E-state index is 0.106. The molecule has 0 radical (unpaired) electrons. The molecule has 6 nitrogen and oxygen atoms in total. The van der Waals surface area contributed by atoms with E-state index in [4.69, 9.17) is 14.6 Å². The van der Waals surface area contributed by atoms with Gasteiger partial charge in [-0.15, -0.1) is 4.73 Å². The maximum atomic E-state index is 13.1. The van der Waals surface area contributed by atoms with E-state index in [1.54, 1.807) is 43.5 Å². The Kier molecular flexibility index (Phi) is 5.10. The Morgan fingerprint density at radius 3 is 2.46 bits per heavy atom. The number of benzene rings is 2. The first kappa shape index (κ1) is 18.2. The number of methoxy groups -OCH3 is 1. The monoisotopic (exact) mass is 378 g/mol. The zero-order valence-corrected chi connectivity index (χ0v) is 15.8. The lowest BCUT2D eigenvalue weighted by Crippen LogP contribution is -2.35. The molecule has 6 heteroatoms. The Bertz CT molecular complexity index is 1050. The molecule has 4 rings (SSSR count). The highest BCUT2D eigenvalue weighted by Gasteiger charge is 2.25. The Morgan fingerprint density at radius 1 is 1.04 bits per heavy atom. The second-order valence-corrected chi connectivity index (χ2v) is 7.03. The number of carbonyl (C=O) groups is 1. The molecule has 1 aromatic heterocycles. The third-order valence-corrected chi connectivity index (χ3v) is 5.23. The second-order valence-electron chi connectivity index (χ2n) is 7.03. The van der Waals surface area contributed by atoms with Crippen LogP contribution in [0.3, 0.4) is 0 Å². The number of hydrogen-bond donors (Lipinski definition) is 0. The zero-order valence-electron chi connectivity index (χ0n) is 15.8. The number of rotatable bonds is 4. The molecule has 0 atom stereocenters. The van der Waals surface area contributed by atoms with E-state index in [-0.39, 0.29) is 11.5 Å². The molecule has 0 aliphatic heterocycles. The third-order valence-electron chi connectivity index (χ3n) is 5.23. The van der Waals surface area contributed by atoms with Crippen molar-refractivity contribution < 1.29 is 14.4 Å². The van der Waals surface area contributed by atoms with Crippen molar-refractivity contribution in [1.82, 2.24) is 9.71 Å². The smallest absolute Gasteiger partial charge is 0.363 e. The predicted molar refractivity (Wildman–Crippen MR) is 106 cm³/mol. The molecule has 144 valence electrons. The van der Waals surface area contributed by atoms with Crippen LogP contribution in [0.25, 0.3) is 10.9 Å². The van der Waals surface area contributed by atoms with E-state index < -0.39 is 5.97 Å². The summed E-state index contributed by atoms with van der Waals surface area (Å²) < 4.78 is 6.22. The SMILES string of the molecule is COc1ccc(C(=O)On2c(C3CCCCC3)nc3ccccc3c2=O)cc1. The fourth-order valence-corrected chi connectivity index (χ4v) is 3.70. The van der Waals surface area contributed by atoms with Gasteiger partial charge in [-0.2, -0.15) is 0 Å². The lowest BCUT2D eigenvalue weighted by atomic mass is 9.88. The molecule has 1 heterocycles. The van der Waals surface area contributed by atoms with Gasteiger partial charge in [0.15, 0.2) is 5.82 Å². The zero-order chi connectivity index (χ0) is 19.5. The quantitative estimate of drug-likeness (QED) is 0.692. The van der Waals surface area contributed by atoms with Gasteiger partial charge in [0, 0.05) is 5.92 Å². The lowest BCUT2D eigenvalue weighted by molar-refractivity contribution is 0.0412. The van der Waals surface area contributed by atoms with Gasteiger partial charge in [-0.1, -0.05) is 31.4 Å². The number of nitrogens with zero attached hydrogens (tertiary/aromatic N) is 2. The van der Waals surface area contributed by atoms with E-state index in [2.05, 4.69) is 0 Å².